The van der Waals surface area contributed by atoms with Crippen molar-refractivity contribution in [2.24, 2.45) is 0 Å². The Kier molecular flexibility index (Phi) is 3.68. The lowest BCUT2D eigenvalue weighted by atomic mass is 10.0. The third-order valence-electron chi connectivity index (χ3n) is 2.32. The first-order chi connectivity index (χ1) is 7.02. The van der Waals surface area contributed by atoms with Crippen molar-refractivity contribution in [3.8, 4) is 0 Å². The second-order valence-corrected chi connectivity index (χ2v) is 3.99. The molecule has 0 amide bonds. The zero-order chi connectivity index (χ0) is 11.4. The molecule has 0 unspecified atom stereocenters. The molecule has 0 atom stereocenters. The van der Waals surface area contributed by atoms with E-state index in [-0.39, 0.29) is 0 Å². The van der Waals surface area contributed by atoms with E-state index < -0.39 is 0 Å². The van der Waals surface area contributed by atoms with Crippen molar-refractivity contribution in [2.75, 3.05) is 0 Å². The molecule has 0 nitrogen and oxygen atoms in total. The molecule has 0 spiro atoms. The molecule has 0 bridgehead atoms. The van der Waals surface area contributed by atoms with Gasteiger partial charge in [0, 0.05) is 0 Å². The Bertz CT molecular complexity index is 399. The Morgan fingerprint density at radius 3 is 2.13 bits per heavy atom. The van der Waals surface area contributed by atoms with Crippen LogP contribution >= 0.6 is 0 Å². The van der Waals surface area contributed by atoms with Gasteiger partial charge in [-0.3, -0.25) is 0 Å². The van der Waals surface area contributed by atoms with Crippen molar-refractivity contribution in [1.82, 2.24) is 0 Å². The third-order valence-corrected chi connectivity index (χ3v) is 2.32. The topological polar surface area (TPSA) is 0 Å². The van der Waals surface area contributed by atoms with Gasteiger partial charge in [0.05, 0.1) is 0 Å². The summed E-state index contributed by atoms with van der Waals surface area (Å²) < 4.78 is 0. The molecular formula is C15H18. The molecular weight excluding hydrogens is 180 g/mol. The molecule has 0 aliphatic heterocycles. The number of hydrogen-bond acceptors (Lipinski definition) is 0. The Morgan fingerprint density at radius 1 is 1.13 bits per heavy atom. The van der Waals surface area contributed by atoms with E-state index in [1.165, 1.54) is 16.7 Å². The van der Waals surface area contributed by atoms with Gasteiger partial charge in [-0.1, -0.05) is 60.2 Å². The molecule has 0 saturated heterocycles. The number of rotatable bonds is 3. The monoisotopic (exact) mass is 198 g/mol. The Labute approximate surface area is 92.6 Å². The zero-order valence-electron chi connectivity index (χ0n) is 9.80. The first-order valence-electron chi connectivity index (χ1n) is 5.11. The van der Waals surface area contributed by atoms with Crippen LogP contribution in [0, 0.1) is 13.8 Å². The van der Waals surface area contributed by atoms with Crippen molar-refractivity contribution in [1.29, 1.82) is 0 Å². The summed E-state index contributed by atoms with van der Waals surface area (Å²) in [5, 5.41) is 0. The molecule has 0 saturated carbocycles. The van der Waals surface area contributed by atoms with E-state index >= 15 is 0 Å². The summed E-state index contributed by atoms with van der Waals surface area (Å²) in [7, 11) is 0. The number of hydrogen-bond donors (Lipinski definition) is 0. The standard InChI is InChI=1S/C15H18/c1-6-11(2)8-14(5)15-9-12(3)7-13(4)10-15/h6-10H,1,5H2,2-4H3/b11-8-. The molecule has 1 aromatic carbocycles. The largest absolute Gasteiger partial charge is 0.0988 e. The molecule has 0 N–H and O–H groups in total. The van der Waals surface area contributed by atoms with E-state index in [0.717, 1.165) is 11.1 Å². The minimum Gasteiger partial charge on any atom is -0.0988 e. The maximum absolute atomic E-state index is 4.07. The SMILES string of the molecule is C=C/C(C)=C\C(=C)c1cc(C)cc(C)c1. The summed E-state index contributed by atoms with van der Waals surface area (Å²) in [5.41, 5.74) is 5.92. The Morgan fingerprint density at radius 2 is 1.67 bits per heavy atom. The minimum atomic E-state index is 1.04. The van der Waals surface area contributed by atoms with E-state index in [1.54, 1.807) is 0 Å². The summed E-state index contributed by atoms with van der Waals surface area (Å²) in [6.45, 7) is 14.0. The van der Waals surface area contributed by atoms with Crippen LogP contribution in [-0.2, 0) is 0 Å². The quantitative estimate of drug-likeness (QED) is 0.629. The molecule has 1 aromatic rings. The van der Waals surface area contributed by atoms with Crippen molar-refractivity contribution < 1.29 is 0 Å². The second-order valence-electron chi connectivity index (χ2n) is 3.99. The summed E-state index contributed by atoms with van der Waals surface area (Å²) in [6, 6.07) is 6.48. The van der Waals surface area contributed by atoms with Crippen LogP contribution in [0.4, 0.5) is 0 Å². The van der Waals surface area contributed by atoms with Crippen LogP contribution in [0.3, 0.4) is 0 Å². The molecule has 0 aliphatic carbocycles. The fraction of sp³-hybridized carbons (Fsp3) is 0.200. The van der Waals surface area contributed by atoms with Gasteiger partial charge in [-0.05, 0) is 31.9 Å². The molecule has 15 heavy (non-hydrogen) atoms. The van der Waals surface area contributed by atoms with E-state index in [2.05, 4.69) is 51.3 Å². The first kappa shape index (κ1) is 11.5. The summed E-state index contributed by atoms with van der Waals surface area (Å²) in [6.07, 6.45) is 3.90. The van der Waals surface area contributed by atoms with Gasteiger partial charge < -0.3 is 0 Å². The van der Waals surface area contributed by atoms with Crippen LogP contribution in [-0.4, -0.2) is 0 Å². The maximum Gasteiger partial charge on any atom is -0.0185 e. The van der Waals surface area contributed by atoms with Gasteiger partial charge in [0.15, 0.2) is 0 Å². The van der Waals surface area contributed by atoms with Crippen LogP contribution in [0.25, 0.3) is 5.57 Å². The van der Waals surface area contributed by atoms with Gasteiger partial charge in [-0.15, -0.1) is 0 Å². The summed E-state index contributed by atoms with van der Waals surface area (Å²) >= 11 is 0. The van der Waals surface area contributed by atoms with Crippen LogP contribution in [0.5, 0.6) is 0 Å². The van der Waals surface area contributed by atoms with Crippen molar-refractivity contribution >= 4 is 5.57 Å². The van der Waals surface area contributed by atoms with E-state index in [0.29, 0.717) is 0 Å². The van der Waals surface area contributed by atoms with E-state index in [9.17, 15) is 0 Å². The van der Waals surface area contributed by atoms with Gasteiger partial charge in [-0.2, -0.15) is 0 Å². The number of aryl methyl sites for hydroxylation is 2. The lowest BCUT2D eigenvalue weighted by Gasteiger charge is -2.05. The first-order valence-corrected chi connectivity index (χ1v) is 5.11. The maximum atomic E-state index is 4.07. The van der Waals surface area contributed by atoms with Crippen molar-refractivity contribution in [2.45, 2.75) is 20.8 Å². The normalized spacial score (nSPS) is 11.3. The Hall–Kier alpha value is -1.56. The van der Waals surface area contributed by atoms with Crippen LogP contribution < -0.4 is 0 Å². The highest BCUT2D eigenvalue weighted by molar-refractivity contribution is 5.73. The second kappa shape index (κ2) is 4.79. The predicted molar refractivity (Wildman–Crippen MR) is 68.9 cm³/mol. The van der Waals surface area contributed by atoms with Crippen LogP contribution in [0.15, 0.2) is 49.1 Å². The molecule has 0 radical (unpaired) electrons. The average Bonchev–Trinajstić information content (AvgIpc) is 2.16. The van der Waals surface area contributed by atoms with Gasteiger partial charge in [-0.25, -0.2) is 0 Å². The van der Waals surface area contributed by atoms with Gasteiger partial charge in [0.25, 0.3) is 0 Å². The Balaban J connectivity index is 3.06. The van der Waals surface area contributed by atoms with Gasteiger partial charge in [0.1, 0.15) is 0 Å². The lowest BCUT2D eigenvalue weighted by molar-refractivity contribution is 1.37. The van der Waals surface area contributed by atoms with E-state index in [4.69, 9.17) is 0 Å². The highest BCUT2D eigenvalue weighted by Crippen LogP contribution is 2.19. The van der Waals surface area contributed by atoms with Crippen molar-refractivity contribution in [3.63, 3.8) is 0 Å². The van der Waals surface area contributed by atoms with Crippen molar-refractivity contribution in [3.05, 3.63) is 65.8 Å². The minimum absolute atomic E-state index is 1.04. The fourth-order valence-electron chi connectivity index (χ4n) is 1.58. The lowest BCUT2D eigenvalue weighted by Crippen LogP contribution is -1.85. The van der Waals surface area contributed by atoms with Gasteiger partial charge >= 0.3 is 0 Å². The zero-order valence-corrected chi connectivity index (χ0v) is 9.80. The number of allylic oxidation sites excluding steroid dienone is 4. The molecule has 0 heteroatoms. The van der Waals surface area contributed by atoms with E-state index in [1.807, 2.05) is 13.0 Å². The smallest absolute Gasteiger partial charge is 0.0185 e. The molecule has 0 aromatic heterocycles. The molecule has 0 fully saturated rings. The molecule has 1 rings (SSSR count). The average molecular weight is 198 g/mol. The molecule has 0 aliphatic rings. The van der Waals surface area contributed by atoms with Crippen LogP contribution in [0.2, 0.25) is 0 Å². The molecule has 78 valence electrons. The summed E-state index contributed by atoms with van der Waals surface area (Å²) in [5.74, 6) is 0. The number of benzene rings is 1. The van der Waals surface area contributed by atoms with Gasteiger partial charge in [0.2, 0.25) is 0 Å². The predicted octanol–water partition coefficient (Wildman–Crippen LogP) is 4.45. The van der Waals surface area contributed by atoms with Crippen LogP contribution in [0.1, 0.15) is 23.6 Å². The third kappa shape index (κ3) is 3.25. The fourth-order valence-corrected chi connectivity index (χ4v) is 1.58. The highest BCUT2D eigenvalue weighted by atomic mass is 14.0. The highest BCUT2D eigenvalue weighted by Gasteiger charge is 1.98. The summed E-state index contributed by atoms with van der Waals surface area (Å²) in [4.78, 5) is 0. The molecule has 0 heterocycles.